The molecule has 0 radical (unpaired) electrons. The van der Waals surface area contributed by atoms with Crippen LogP contribution in [0.3, 0.4) is 0 Å². The van der Waals surface area contributed by atoms with Crippen molar-refractivity contribution >= 4 is 12.0 Å². The van der Waals surface area contributed by atoms with Gasteiger partial charge in [0.2, 0.25) is 0 Å². The van der Waals surface area contributed by atoms with Crippen molar-refractivity contribution in [2.24, 2.45) is 0 Å². The maximum Gasteiger partial charge on any atom is 0.329 e. The van der Waals surface area contributed by atoms with E-state index in [0.29, 0.717) is 13.0 Å². The molecule has 1 unspecified atom stereocenters. The molecule has 1 atom stereocenters. The molecule has 6 heteroatoms. The van der Waals surface area contributed by atoms with Crippen LogP contribution in [-0.4, -0.2) is 65.2 Å². The first-order valence-electron chi connectivity index (χ1n) is 7.45. The fourth-order valence-corrected chi connectivity index (χ4v) is 3.19. The fourth-order valence-electron chi connectivity index (χ4n) is 3.19. The number of carboxylic acid groups (broad SMARTS) is 1. The standard InChI is InChI=1S/C14H25N3O3/c1-14(12(18)19)7-3-4-10-17(14)13(20)16(2)11-5-8-15-9-6-11/h11,15H,3-10H2,1-2H3,(H,18,19). The van der Waals surface area contributed by atoms with Gasteiger partial charge in [0.05, 0.1) is 0 Å². The highest BCUT2D eigenvalue weighted by Gasteiger charge is 2.45. The van der Waals surface area contributed by atoms with Crippen LogP contribution in [0.15, 0.2) is 0 Å². The van der Waals surface area contributed by atoms with Gasteiger partial charge in [-0.2, -0.15) is 0 Å². The molecule has 2 heterocycles. The number of carbonyl (C=O) groups excluding carboxylic acids is 1. The number of hydrogen-bond donors (Lipinski definition) is 2. The summed E-state index contributed by atoms with van der Waals surface area (Å²) in [7, 11) is 1.80. The number of hydrogen-bond acceptors (Lipinski definition) is 3. The maximum absolute atomic E-state index is 12.7. The third-order valence-electron chi connectivity index (χ3n) is 4.74. The number of aliphatic carboxylic acids is 1. The van der Waals surface area contributed by atoms with E-state index in [1.54, 1.807) is 23.8 Å². The minimum absolute atomic E-state index is 0.137. The highest BCUT2D eigenvalue weighted by Crippen LogP contribution is 2.30. The molecule has 2 fully saturated rings. The molecule has 0 saturated carbocycles. The topological polar surface area (TPSA) is 72.9 Å². The molecular formula is C14H25N3O3. The van der Waals surface area contributed by atoms with E-state index in [1.165, 1.54) is 0 Å². The van der Waals surface area contributed by atoms with Crippen LogP contribution >= 0.6 is 0 Å². The van der Waals surface area contributed by atoms with Crippen molar-refractivity contribution in [2.45, 2.75) is 50.6 Å². The van der Waals surface area contributed by atoms with Gasteiger partial charge in [-0.1, -0.05) is 0 Å². The van der Waals surface area contributed by atoms with Gasteiger partial charge in [0.25, 0.3) is 0 Å². The van der Waals surface area contributed by atoms with E-state index in [9.17, 15) is 14.7 Å². The Balaban J connectivity index is 2.11. The van der Waals surface area contributed by atoms with Crippen LogP contribution < -0.4 is 5.32 Å². The molecule has 2 rings (SSSR count). The normalized spacial score (nSPS) is 28.2. The number of likely N-dealkylation sites (tertiary alicyclic amines) is 1. The lowest BCUT2D eigenvalue weighted by atomic mass is 9.88. The highest BCUT2D eigenvalue weighted by molar-refractivity contribution is 5.86. The third kappa shape index (κ3) is 2.75. The molecule has 0 aromatic rings. The van der Waals surface area contributed by atoms with Gasteiger partial charge < -0.3 is 20.2 Å². The Labute approximate surface area is 120 Å². The summed E-state index contributed by atoms with van der Waals surface area (Å²) in [4.78, 5) is 27.6. The first-order chi connectivity index (χ1) is 9.47. The summed E-state index contributed by atoms with van der Waals surface area (Å²) in [6.07, 6.45) is 4.15. The molecule has 2 N–H and O–H groups in total. The Morgan fingerprint density at radius 1 is 1.30 bits per heavy atom. The van der Waals surface area contributed by atoms with E-state index in [4.69, 9.17) is 0 Å². The van der Waals surface area contributed by atoms with Crippen LogP contribution in [0, 0.1) is 0 Å². The molecule has 2 saturated heterocycles. The van der Waals surface area contributed by atoms with Crippen molar-refractivity contribution in [3.05, 3.63) is 0 Å². The summed E-state index contributed by atoms with van der Waals surface area (Å²) in [5.41, 5.74) is -1.06. The molecular weight excluding hydrogens is 258 g/mol. The molecule has 2 amide bonds. The zero-order chi connectivity index (χ0) is 14.8. The summed E-state index contributed by atoms with van der Waals surface area (Å²) in [6.45, 7) is 4.04. The highest BCUT2D eigenvalue weighted by atomic mass is 16.4. The predicted octanol–water partition coefficient (Wildman–Crippen LogP) is 1.12. The van der Waals surface area contributed by atoms with Gasteiger partial charge in [-0.3, -0.25) is 0 Å². The molecule has 0 aromatic heterocycles. The molecule has 0 aromatic carbocycles. The van der Waals surface area contributed by atoms with Gasteiger partial charge in [0.15, 0.2) is 0 Å². The molecule has 6 nitrogen and oxygen atoms in total. The van der Waals surface area contributed by atoms with E-state index in [1.807, 2.05) is 0 Å². The van der Waals surface area contributed by atoms with E-state index in [-0.39, 0.29) is 12.1 Å². The number of urea groups is 1. The average Bonchev–Trinajstić information content (AvgIpc) is 2.47. The minimum Gasteiger partial charge on any atom is -0.480 e. The second-order valence-electron chi connectivity index (χ2n) is 6.06. The second-order valence-corrected chi connectivity index (χ2v) is 6.06. The Kier molecular flexibility index (Phi) is 4.52. The third-order valence-corrected chi connectivity index (χ3v) is 4.74. The lowest BCUT2D eigenvalue weighted by Gasteiger charge is -2.45. The Bertz CT molecular complexity index is 382. The van der Waals surface area contributed by atoms with E-state index < -0.39 is 11.5 Å². The van der Waals surface area contributed by atoms with Gasteiger partial charge in [-0.15, -0.1) is 0 Å². The monoisotopic (exact) mass is 283 g/mol. The smallest absolute Gasteiger partial charge is 0.329 e. The van der Waals surface area contributed by atoms with Crippen LogP contribution in [0.25, 0.3) is 0 Å². The van der Waals surface area contributed by atoms with E-state index in [2.05, 4.69) is 5.32 Å². The quantitative estimate of drug-likeness (QED) is 0.796. The number of nitrogens with zero attached hydrogens (tertiary/aromatic N) is 2. The summed E-state index contributed by atoms with van der Waals surface area (Å²) >= 11 is 0. The number of nitrogens with one attached hydrogen (secondary N) is 1. The largest absolute Gasteiger partial charge is 0.480 e. The van der Waals surface area contributed by atoms with Crippen LogP contribution in [0.5, 0.6) is 0 Å². The number of rotatable bonds is 2. The summed E-state index contributed by atoms with van der Waals surface area (Å²) in [6, 6.07) is 0.0743. The summed E-state index contributed by atoms with van der Waals surface area (Å²) in [5.74, 6) is -0.899. The van der Waals surface area contributed by atoms with Crippen LogP contribution in [0.1, 0.15) is 39.0 Å². The van der Waals surface area contributed by atoms with Crippen molar-refractivity contribution in [1.82, 2.24) is 15.1 Å². The zero-order valence-electron chi connectivity index (χ0n) is 12.4. The zero-order valence-corrected chi connectivity index (χ0v) is 12.4. The Morgan fingerprint density at radius 2 is 1.95 bits per heavy atom. The maximum atomic E-state index is 12.7. The molecule has 0 aliphatic carbocycles. The molecule has 2 aliphatic rings. The van der Waals surface area contributed by atoms with Crippen molar-refractivity contribution in [1.29, 1.82) is 0 Å². The molecule has 0 bridgehead atoms. The number of carboxylic acids is 1. The minimum atomic E-state index is -1.06. The van der Waals surface area contributed by atoms with Crippen LogP contribution in [0.4, 0.5) is 4.79 Å². The van der Waals surface area contributed by atoms with Crippen molar-refractivity contribution in [3.63, 3.8) is 0 Å². The lowest BCUT2D eigenvalue weighted by molar-refractivity contribution is -0.150. The Hall–Kier alpha value is -1.30. The van der Waals surface area contributed by atoms with E-state index in [0.717, 1.165) is 38.8 Å². The van der Waals surface area contributed by atoms with Crippen molar-refractivity contribution < 1.29 is 14.7 Å². The average molecular weight is 283 g/mol. The lowest BCUT2D eigenvalue weighted by Crippen LogP contribution is -2.61. The van der Waals surface area contributed by atoms with Gasteiger partial charge >= 0.3 is 12.0 Å². The first-order valence-corrected chi connectivity index (χ1v) is 7.45. The van der Waals surface area contributed by atoms with E-state index >= 15 is 0 Å². The van der Waals surface area contributed by atoms with Crippen LogP contribution in [0.2, 0.25) is 0 Å². The first kappa shape index (κ1) is 15.1. The SMILES string of the molecule is CN(C(=O)N1CCCCC1(C)C(=O)O)C1CCNCC1. The summed E-state index contributed by atoms with van der Waals surface area (Å²) < 4.78 is 0. The summed E-state index contributed by atoms with van der Waals surface area (Å²) in [5, 5.41) is 12.8. The number of amides is 2. The molecule has 2 aliphatic heterocycles. The van der Waals surface area contributed by atoms with Gasteiger partial charge in [0.1, 0.15) is 5.54 Å². The van der Waals surface area contributed by atoms with Crippen LogP contribution in [-0.2, 0) is 4.79 Å². The van der Waals surface area contributed by atoms with Gasteiger partial charge in [0, 0.05) is 19.6 Å². The van der Waals surface area contributed by atoms with Gasteiger partial charge in [-0.05, 0) is 52.1 Å². The van der Waals surface area contributed by atoms with Gasteiger partial charge in [-0.25, -0.2) is 9.59 Å². The molecule has 0 spiro atoms. The predicted molar refractivity (Wildman–Crippen MR) is 75.6 cm³/mol. The molecule has 114 valence electrons. The van der Waals surface area contributed by atoms with Crippen molar-refractivity contribution in [2.75, 3.05) is 26.7 Å². The van der Waals surface area contributed by atoms with Crippen molar-refractivity contribution in [3.8, 4) is 0 Å². The fraction of sp³-hybridized carbons (Fsp3) is 0.857. The number of piperidine rings is 2. The second kappa shape index (κ2) is 5.99. The molecule has 20 heavy (non-hydrogen) atoms. The Morgan fingerprint density at radius 3 is 2.55 bits per heavy atom. The number of carbonyl (C=O) groups is 2.